The van der Waals surface area contributed by atoms with Gasteiger partial charge in [0.05, 0.1) is 0 Å². The van der Waals surface area contributed by atoms with E-state index in [1.165, 1.54) is 6.92 Å². The Morgan fingerprint density at radius 1 is 1.67 bits per heavy atom. The molecule has 1 rings (SSSR count). The summed E-state index contributed by atoms with van der Waals surface area (Å²) in [6.45, 7) is 1.28. The van der Waals surface area contributed by atoms with Gasteiger partial charge in [0.2, 0.25) is 0 Å². The van der Waals surface area contributed by atoms with Gasteiger partial charge in [-0.2, -0.15) is 5.26 Å². The molecule has 7 heteroatoms. The molecule has 5 nitrogen and oxygen atoms in total. The van der Waals surface area contributed by atoms with Gasteiger partial charge in [0.25, 0.3) is 6.43 Å². The number of halogens is 2. The molecule has 0 aliphatic heterocycles. The fraction of sp³-hybridized carbons (Fsp3) is 0.250. The number of rotatable bonds is 2. The molecular weight excluding hydrogens is 208 g/mol. The van der Waals surface area contributed by atoms with Crippen molar-refractivity contribution in [3.8, 4) is 6.07 Å². The summed E-state index contributed by atoms with van der Waals surface area (Å²) < 4.78 is 24.9. The summed E-state index contributed by atoms with van der Waals surface area (Å²) in [7, 11) is 0. The quantitative estimate of drug-likeness (QED) is 0.556. The van der Waals surface area contributed by atoms with Crippen LogP contribution in [0.2, 0.25) is 0 Å². The monoisotopic (exact) mass is 213 g/mol. The maximum Gasteiger partial charge on any atom is 0.364 e. The van der Waals surface area contributed by atoms with Crippen molar-refractivity contribution in [1.29, 1.82) is 5.26 Å². The van der Waals surface area contributed by atoms with Crippen LogP contribution in [0.4, 0.5) is 14.6 Å². The normalized spacial score (nSPS) is 10.1. The van der Waals surface area contributed by atoms with Crippen LogP contribution in [0.25, 0.3) is 0 Å². The van der Waals surface area contributed by atoms with Crippen molar-refractivity contribution in [3.05, 3.63) is 33.0 Å². The Morgan fingerprint density at radius 2 is 2.27 bits per heavy atom. The molecule has 0 radical (unpaired) electrons. The first-order valence-electron chi connectivity index (χ1n) is 3.81. The van der Waals surface area contributed by atoms with Gasteiger partial charge in [-0.3, -0.25) is 0 Å². The van der Waals surface area contributed by atoms with Gasteiger partial charge in [-0.1, -0.05) is 0 Å². The molecule has 1 heterocycles. The largest absolute Gasteiger partial charge is 0.364 e. The van der Waals surface area contributed by atoms with E-state index in [9.17, 15) is 18.9 Å². The van der Waals surface area contributed by atoms with E-state index in [-0.39, 0.29) is 11.3 Å². The topological polar surface area (TPSA) is 79.8 Å². The van der Waals surface area contributed by atoms with Gasteiger partial charge in [0, 0.05) is 18.6 Å². The average molecular weight is 213 g/mol. The van der Waals surface area contributed by atoms with E-state index < -0.39 is 22.7 Å². The highest BCUT2D eigenvalue weighted by molar-refractivity contribution is 5.45. The summed E-state index contributed by atoms with van der Waals surface area (Å²) in [5, 5.41) is 18.9. The zero-order valence-corrected chi connectivity index (χ0v) is 7.57. The second-order valence-corrected chi connectivity index (χ2v) is 2.70. The van der Waals surface area contributed by atoms with Crippen molar-refractivity contribution >= 4 is 5.82 Å². The molecule has 0 N–H and O–H groups in total. The van der Waals surface area contributed by atoms with E-state index >= 15 is 0 Å². The van der Waals surface area contributed by atoms with E-state index in [4.69, 9.17) is 5.26 Å². The minimum atomic E-state index is -2.93. The third-order valence-corrected chi connectivity index (χ3v) is 1.75. The Hall–Kier alpha value is -2.10. The zero-order valence-electron chi connectivity index (χ0n) is 7.57. The van der Waals surface area contributed by atoms with Crippen molar-refractivity contribution in [3.63, 3.8) is 0 Å². The Morgan fingerprint density at radius 3 is 2.67 bits per heavy atom. The standard InChI is InChI=1S/C8H5F2N3O2/c1-4-6(3-11)5(8(9)10)2-7(12-4)13(14)15/h2,8H,1H3. The zero-order chi connectivity index (χ0) is 11.6. The number of nitro groups is 1. The molecule has 0 aromatic carbocycles. The number of aryl methyl sites for hydroxylation is 1. The summed E-state index contributed by atoms with van der Waals surface area (Å²) in [6, 6.07) is 2.17. The first-order chi connectivity index (χ1) is 6.97. The Bertz CT molecular complexity index is 454. The summed E-state index contributed by atoms with van der Waals surface area (Å²) in [6.07, 6.45) is -2.93. The van der Waals surface area contributed by atoms with Crippen LogP contribution < -0.4 is 0 Å². The van der Waals surface area contributed by atoms with Gasteiger partial charge >= 0.3 is 5.82 Å². The number of hydrogen-bond donors (Lipinski definition) is 0. The molecule has 0 aliphatic rings. The maximum atomic E-state index is 12.4. The van der Waals surface area contributed by atoms with Crippen molar-refractivity contribution in [2.24, 2.45) is 0 Å². The molecule has 15 heavy (non-hydrogen) atoms. The van der Waals surface area contributed by atoms with E-state index in [0.717, 1.165) is 0 Å². The minimum Gasteiger partial charge on any atom is -0.358 e. The van der Waals surface area contributed by atoms with Crippen LogP contribution in [0.15, 0.2) is 6.07 Å². The van der Waals surface area contributed by atoms with Crippen LogP contribution in [0.3, 0.4) is 0 Å². The van der Waals surface area contributed by atoms with Gasteiger partial charge in [-0.25, -0.2) is 8.78 Å². The van der Waals surface area contributed by atoms with Crippen LogP contribution in [0, 0.1) is 28.4 Å². The summed E-state index contributed by atoms with van der Waals surface area (Å²) in [5.41, 5.74) is -1.03. The van der Waals surface area contributed by atoms with E-state index in [0.29, 0.717) is 6.07 Å². The fourth-order valence-corrected chi connectivity index (χ4v) is 1.09. The van der Waals surface area contributed by atoms with Crippen LogP contribution in [-0.2, 0) is 0 Å². The molecule has 0 spiro atoms. The van der Waals surface area contributed by atoms with E-state index in [1.54, 1.807) is 6.07 Å². The number of alkyl halides is 2. The molecule has 0 amide bonds. The second-order valence-electron chi connectivity index (χ2n) is 2.70. The number of nitrogens with zero attached hydrogens (tertiary/aromatic N) is 3. The number of nitriles is 1. The molecule has 0 saturated heterocycles. The van der Waals surface area contributed by atoms with Gasteiger partial charge < -0.3 is 10.1 Å². The Labute approximate surface area is 83.1 Å². The van der Waals surface area contributed by atoms with Crippen molar-refractivity contribution in [1.82, 2.24) is 4.98 Å². The molecule has 1 aromatic rings. The molecular formula is C8H5F2N3O2. The fourth-order valence-electron chi connectivity index (χ4n) is 1.09. The Balaban J connectivity index is 3.47. The molecule has 1 aromatic heterocycles. The molecule has 0 saturated carbocycles. The van der Waals surface area contributed by atoms with Crippen LogP contribution in [0.5, 0.6) is 0 Å². The lowest BCUT2D eigenvalue weighted by atomic mass is 10.1. The Kier molecular flexibility index (Phi) is 2.90. The average Bonchev–Trinajstić information content (AvgIpc) is 2.16. The van der Waals surface area contributed by atoms with E-state index in [2.05, 4.69) is 4.98 Å². The smallest absolute Gasteiger partial charge is 0.358 e. The summed E-state index contributed by atoms with van der Waals surface area (Å²) in [5.74, 6) is -0.679. The summed E-state index contributed by atoms with van der Waals surface area (Å²) in [4.78, 5) is 12.9. The predicted molar refractivity (Wildman–Crippen MR) is 45.3 cm³/mol. The molecule has 0 aliphatic carbocycles. The molecule has 0 unspecified atom stereocenters. The van der Waals surface area contributed by atoms with Crippen molar-refractivity contribution < 1.29 is 13.7 Å². The molecule has 0 bridgehead atoms. The predicted octanol–water partition coefficient (Wildman–Crippen LogP) is 2.11. The number of pyridine rings is 1. The van der Waals surface area contributed by atoms with Gasteiger partial charge in [0.1, 0.15) is 11.6 Å². The molecule has 78 valence electrons. The van der Waals surface area contributed by atoms with Crippen LogP contribution in [-0.4, -0.2) is 9.91 Å². The number of hydrogen-bond acceptors (Lipinski definition) is 4. The molecule has 0 fully saturated rings. The first-order valence-corrected chi connectivity index (χ1v) is 3.81. The highest BCUT2D eigenvalue weighted by Gasteiger charge is 2.23. The van der Waals surface area contributed by atoms with E-state index in [1.807, 2.05) is 0 Å². The number of aromatic nitrogens is 1. The van der Waals surface area contributed by atoms with Crippen molar-refractivity contribution in [2.45, 2.75) is 13.3 Å². The van der Waals surface area contributed by atoms with Crippen molar-refractivity contribution in [2.75, 3.05) is 0 Å². The highest BCUT2D eigenvalue weighted by Crippen LogP contribution is 2.27. The highest BCUT2D eigenvalue weighted by atomic mass is 19.3. The van der Waals surface area contributed by atoms with Gasteiger partial charge in [-0.05, 0) is 9.91 Å². The lowest BCUT2D eigenvalue weighted by molar-refractivity contribution is -0.389. The lowest BCUT2D eigenvalue weighted by Gasteiger charge is -2.02. The molecule has 0 atom stereocenters. The summed E-state index contributed by atoms with van der Waals surface area (Å²) >= 11 is 0. The van der Waals surface area contributed by atoms with Crippen LogP contribution >= 0.6 is 0 Å². The lowest BCUT2D eigenvalue weighted by Crippen LogP contribution is -2.01. The van der Waals surface area contributed by atoms with Crippen LogP contribution in [0.1, 0.15) is 23.2 Å². The second kappa shape index (κ2) is 3.96. The van der Waals surface area contributed by atoms with Gasteiger partial charge in [0.15, 0.2) is 5.69 Å². The third kappa shape index (κ3) is 2.04. The SMILES string of the molecule is Cc1nc([N+](=O)[O-])cc(C(F)F)c1C#N. The first kappa shape index (κ1) is 11.0. The minimum absolute atomic E-state index is 0.0676. The van der Waals surface area contributed by atoms with Gasteiger partial charge in [-0.15, -0.1) is 0 Å². The maximum absolute atomic E-state index is 12.4. The third-order valence-electron chi connectivity index (χ3n) is 1.75.